The highest BCUT2D eigenvalue weighted by Gasteiger charge is 2.24. The Morgan fingerprint density at radius 2 is 2.20 bits per heavy atom. The van der Waals surface area contributed by atoms with E-state index < -0.39 is 0 Å². The molecule has 1 aliphatic rings. The van der Waals surface area contributed by atoms with Crippen LogP contribution < -0.4 is 11.3 Å². The maximum Gasteiger partial charge on any atom is 0.0629 e. The largest absolute Gasteiger partial charge is 0.383 e. The molecule has 1 rings (SSSR count). The maximum atomic E-state index is 5.49. The van der Waals surface area contributed by atoms with Crippen LogP contribution in [0.4, 0.5) is 0 Å². The molecule has 0 saturated carbocycles. The number of likely N-dealkylation sites (N-methyl/N-ethyl adjacent to an activating group) is 2. The lowest BCUT2D eigenvalue weighted by Gasteiger charge is -2.39. The Balaban J connectivity index is 2.39. The van der Waals surface area contributed by atoms with Gasteiger partial charge in [-0.3, -0.25) is 11.3 Å². The van der Waals surface area contributed by atoms with E-state index in [1.165, 1.54) is 0 Å². The fourth-order valence-electron chi connectivity index (χ4n) is 2.07. The van der Waals surface area contributed by atoms with Gasteiger partial charge in [-0.15, -0.1) is 0 Å². The van der Waals surface area contributed by atoms with Crippen LogP contribution >= 0.6 is 0 Å². The molecule has 15 heavy (non-hydrogen) atoms. The van der Waals surface area contributed by atoms with Gasteiger partial charge in [0.2, 0.25) is 0 Å². The van der Waals surface area contributed by atoms with Crippen molar-refractivity contribution in [1.29, 1.82) is 0 Å². The van der Waals surface area contributed by atoms with E-state index in [9.17, 15) is 0 Å². The molecule has 1 heterocycles. The van der Waals surface area contributed by atoms with Crippen molar-refractivity contribution >= 4 is 0 Å². The van der Waals surface area contributed by atoms with E-state index in [1.54, 1.807) is 7.11 Å². The topological polar surface area (TPSA) is 53.8 Å². The molecule has 2 atom stereocenters. The van der Waals surface area contributed by atoms with E-state index in [0.717, 1.165) is 26.1 Å². The second kappa shape index (κ2) is 6.40. The normalized spacial score (nSPS) is 26.8. The molecule has 5 heteroatoms. The number of nitrogens with zero attached hydrogens (tertiary/aromatic N) is 2. The van der Waals surface area contributed by atoms with Crippen molar-refractivity contribution in [3.8, 4) is 0 Å². The van der Waals surface area contributed by atoms with Gasteiger partial charge < -0.3 is 14.5 Å². The molecular formula is C10H24N4O. The predicted octanol–water partition coefficient (Wildman–Crippen LogP) is -0.899. The second-order valence-corrected chi connectivity index (χ2v) is 4.45. The Bertz CT molecular complexity index is 179. The van der Waals surface area contributed by atoms with Gasteiger partial charge in [-0.1, -0.05) is 0 Å². The van der Waals surface area contributed by atoms with Crippen LogP contribution in [0.2, 0.25) is 0 Å². The number of rotatable bonds is 5. The summed E-state index contributed by atoms with van der Waals surface area (Å²) in [5.74, 6) is 5.49. The Morgan fingerprint density at radius 3 is 2.80 bits per heavy atom. The van der Waals surface area contributed by atoms with Crippen LogP contribution in [0.3, 0.4) is 0 Å². The molecule has 0 radical (unpaired) electrons. The average Bonchev–Trinajstić information content (AvgIpc) is 2.22. The van der Waals surface area contributed by atoms with Crippen molar-refractivity contribution in [1.82, 2.24) is 15.2 Å². The zero-order chi connectivity index (χ0) is 11.3. The first kappa shape index (κ1) is 12.9. The molecule has 0 amide bonds. The highest BCUT2D eigenvalue weighted by atomic mass is 16.5. The van der Waals surface area contributed by atoms with E-state index in [2.05, 4.69) is 29.3 Å². The van der Waals surface area contributed by atoms with E-state index in [1.807, 2.05) is 0 Å². The number of methoxy groups -OCH3 is 1. The molecule has 0 aromatic carbocycles. The zero-order valence-electron chi connectivity index (χ0n) is 10.1. The van der Waals surface area contributed by atoms with Gasteiger partial charge in [0.1, 0.15) is 0 Å². The van der Waals surface area contributed by atoms with Gasteiger partial charge in [0.25, 0.3) is 0 Å². The van der Waals surface area contributed by atoms with Gasteiger partial charge in [0, 0.05) is 38.8 Å². The van der Waals surface area contributed by atoms with Gasteiger partial charge in [-0.25, -0.2) is 0 Å². The summed E-state index contributed by atoms with van der Waals surface area (Å²) in [7, 11) is 6.06. The molecule has 1 aliphatic heterocycles. The Kier molecular flexibility index (Phi) is 5.49. The summed E-state index contributed by atoms with van der Waals surface area (Å²) >= 11 is 0. The molecule has 0 aromatic rings. The lowest BCUT2D eigenvalue weighted by molar-refractivity contribution is 0.0849. The SMILES string of the molecule is COCC(CC1CN(C)CCN1C)NN. The molecule has 2 unspecified atom stereocenters. The smallest absolute Gasteiger partial charge is 0.0629 e. The summed E-state index contributed by atoms with van der Waals surface area (Å²) in [5, 5.41) is 0. The minimum Gasteiger partial charge on any atom is -0.383 e. The van der Waals surface area contributed by atoms with Gasteiger partial charge in [0.05, 0.1) is 6.61 Å². The average molecular weight is 216 g/mol. The van der Waals surface area contributed by atoms with E-state index in [4.69, 9.17) is 10.6 Å². The molecule has 90 valence electrons. The first-order chi connectivity index (χ1) is 7.17. The lowest BCUT2D eigenvalue weighted by Crippen LogP contribution is -2.53. The Labute approximate surface area is 92.5 Å². The fourth-order valence-corrected chi connectivity index (χ4v) is 2.07. The van der Waals surface area contributed by atoms with Crippen LogP contribution in [0, 0.1) is 0 Å². The molecule has 0 aromatic heterocycles. The van der Waals surface area contributed by atoms with Crippen LogP contribution in [0.1, 0.15) is 6.42 Å². The Hall–Kier alpha value is -0.200. The van der Waals surface area contributed by atoms with Crippen molar-refractivity contribution in [2.75, 3.05) is 47.4 Å². The zero-order valence-corrected chi connectivity index (χ0v) is 10.1. The minimum absolute atomic E-state index is 0.244. The van der Waals surface area contributed by atoms with E-state index in [-0.39, 0.29) is 6.04 Å². The summed E-state index contributed by atoms with van der Waals surface area (Å²) < 4.78 is 5.12. The third kappa shape index (κ3) is 4.04. The first-order valence-electron chi connectivity index (χ1n) is 5.51. The number of nitrogens with two attached hydrogens (primary N) is 1. The molecule has 3 N–H and O–H groups in total. The third-order valence-electron chi connectivity index (χ3n) is 3.14. The number of nitrogens with one attached hydrogen (secondary N) is 1. The van der Waals surface area contributed by atoms with Crippen molar-refractivity contribution < 1.29 is 4.74 Å². The van der Waals surface area contributed by atoms with Crippen molar-refractivity contribution in [3.63, 3.8) is 0 Å². The van der Waals surface area contributed by atoms with Crippen LogP contribution in [0.5, 0.6) is 0 Å². The number of hydrogen-bond donors (Lipinski definition) is 2. The van der Waals surface area contributed by atoms with Crippen LogP contribution in [0.25, 0.3) is 0 Å². The van der Waals surface area contributed by atoms with Gasteiger partial charge >= 0.3 is 0 Å². The van der Waals surface area contributed by atoms with Gasteiger partial charge in [-0.2, -0.15) is 0 Å². The highest BCUT2D eigenvalue weighted by Crippen LogP contribution is 2.11. The molecule has 1 saturated heterocycles. The van der Waals surface area contributed by atoms with Crippen LogP contribution in [0.15, 0.2) is 0 Å². The van der Waals surface area contributed by atoms with Gasteiger partial charge in [0.15, 0.2) is 0 Å². The lowest BCUT2D eigenvalue weighted by atomic mass is 10.0. The number of hydrogen-bond acceptors (Lipinski definition) is 5. The summed E-state index contributed by atoms with van der Waals surface area (Å²) in [5.41, 5.74) is 2.82. The number of ether oxygens (including phenoxy) is 1. The van der Waals surface area contributed by atoms with Crippen molar-refractivity contribution in [2.45, 2.75) is 18.5 Å². The number of piperazine rings is 1. The van der Waals surface area contributed by atoms with Crippen molar-refractivity contribution in [3.05, 3.63) is 0 Å². The molecule has 1 fully saturated rings. The molecule has 0 spiro atoms. The van der Waals surface area contributed by atoms with Crippen LogP contribution in [-0.4, -0.2) is 69.3 Å². The van der Waals surface area contributed by atoms with Gasteiger partial charge in [-0.05, 0) is 20.5 Å². The third-order valence-corrected chi connectivity index (χ3v) is 3.14. The summed E-state index contributed by atoms with van der Waals surface area (Å²) in [6.45, 7) is 4.06. The maximum absolute atomic E-state index is 5.49. The quantitative estimate of drug-likeness (QED) is 0.461. The molecule has 0 bridgehead atoms. The molecular weight excluding hydrogens is 192 g/mol. The molecule has 0 aliphatic carbocycles. The summed E-state index contributed by atoms with van der Waals surface area (Å²) in [6.07, 6.45) is 1.03. The van der Waals surface area contributed by atoms with E-state index >= 15 is 0 Å². The Morgan fingerprint density at radius 1 is 1.47 bits per heavy atom. The van der Waals surface area contributed by atoms with Crippen LogP contribution in [-0.2, 0) is 4.74 Å². The highest BCUT2D eigenvalue weighted by molar-refractivity contribution is 4.82. The number of hydrazine groups is 1. The first-order valence-corrected chi connectivity index (χ1v) is 5.51. The van der Waals surface area contributed by atoms with E-state index in [0.29, 0.717) is 12.6 Å². The molecule has 5 nitrogen and oxygen atoms in total. The standard InChI is InChI=1S/C10H24N4O/c1-13-4-5-14(2)10(7-13)6-9(12-11)8-15-3/h9-10,12H,4-8,11H2,1-3H3. The minimum atomic E-state index is 0.244. The summed E-state index contributed by atoms with van der Waals surface area (Å²) in [6, 6.07) is 0.814. The summed E-state index contributed by atoms with van der Waals surface area (Å²) in [4.78, 5) is 4.77. The predicted molar refractivity (Wildman–Crippen MR) is 61.5 cm³/mol. The van der Waals surface area contributed by atoms with Crippen molar-refractivity contribution in [2.24, 2.45) is 5.84 Å². The monoisotopic (exact) mass is 216 g/mol. The fraction of sp³-hybridized carbons (Fsp3) is 1.00. The second-order valence-electron chi connectivity index (χ2n) is 4.45.